The van der Waals surface area contributed by atoms with Gasteiger partial charge in [0.25, 0.3) is 0 Å². The Morgan fingerprint density at radius 2 is 2.38 bits per heavy atom. The van der Waals surface area contributed by atoms with Gasteiger partial charge in [0.15, 0.2) is 0 Å². The molecule has 0 aromatic heterocycles. The predicted molar refractivity (Wildman–Crippen MR) is 46.4 cm³/mol. The lowest BCUT2D eigenvalue weighted by molar-refractivity contribution is -0.140. The summed E-state index contributed by atoms with van der Waals surface area (Å²) in [5, 5.41) is 10.8. The summed E-state index contributed by atoms with van der Waals surface area (Å²) in [7, 11) is 0. The molecule has 1 atom stereocenters. The molecule has 5 nitrogen and oxygen atoms in total. The van der Waals surface area contributed by atoms with Crippen LogP contribution in [0.25, 0.3) is 0 Å². The predicted octanol–water partition coefficient (Wildman–Crippen LogP) is 0.00230. The molecule has 0 spiro atoms. The highest BCUT2D eigenvalue weighted by molar-refractivity contribution is 5.76. The van der Waals surface area contributed by atoms with Crippen LogP contribution in [0.15, 0.2) is 0 Å². The summed E-state index contributed by atoms with van der Waals surface area (Å²) in [5.74, 6) is -1.01. The molecule has 13 heavy (non-hydrogen) atoms. The number of aliphatic carboxylic acids is 1. The highest BCUT2D eigenvalue weighted by Gasteiger charge is 2.14. The van der Waals surface area contributed by atoms with Crippen LogP contribution in [-0.2, 0) is 14.3 Å². The van der Waals surface area contributed by atoms with Gasteiger partial charge in [-0.1, -0.05) is 0 Å². The van der Waals surface area contributed by atoms with Crippen molar-refractivity contribution in [3.05, 3.63) is 0 Å². The average Bonchev–Trinajstić information content (AvgIpc) is 2.10. The fourth-order valence-corrected chi connectivity index (χ4v) is 0.894. The molecule has 0 fully saturated rings. The zero-order valence-electron chi connectivity index (χ0n) is 7.66. The molecule has 0 saturated carbocycles. The lowest BCUT2D eigenvalue weighted by Gasteiger charge is -2.10. The molecule has 0 heterocycles. The first-order valence-electron chi connectivity index (χ1n) is 4.22. The molecular weight excluding hydrogens is 174 g/mol. The number of carboxylic acid groups (broad SMARTS) is 1. The third-order valence-corrected chi connectivity index (χ3v) is 1.55. The second-order valence-electron chi connectivity index (χ2n) is 2.51. The number of ether oxygens (including phenoxy) is 1. The summed E-state index contributed by atoms with van der Waals surface area (Å²) >= 11 is 0. The van der Waals surface area contributed by atoms with Crippen LogP contribution in [0.1, 0.15) is 19.8 Å². The first kappa shape index (κ1) is 11.9. The van der Waals surface area contributed by atoms with E-state index in [1.165, 1.54) is 0 Å². The zero-order valence-corrected chi connectivity index (χ0v) is 7.66. The number of hydrogen-bond acceptors (Lipinski definition) is 3. The molecule has 2 N–H and O–H groups in total. The van der Waals surface area contributed by atoms with Gasteiger partial charge in [0.05, 0.1) is 0 Å². The quantitative estimate of drug-likeness (QED) is 0.416. The fraction of sp³-hybridized carbons (Fsp3) is 0.750. The van der Waals surface area contributed by atoms with Crippen LogP contribution >= 0.6 is 0 Å². The Kier molecular flexibility index (Phi) is 6.91. The molecule has 5 heteroatoms. The Morgan fingerprint density at radius 3 is 2.85 bits per heavy atom. The third kappa shape index (κ3) is 6.10. The maximum absolute atomic E-state index is 10.5. The van der Waals surface area contributed by atoms with Gasteiger partial charge in [0.2, 0.25) is 6.41 Å². The molecule has 76 valence electrons. The van der Waals surface area contributed by atoms with Crippen molar-refractivity contribution in [1.29, 1.82) is 0 Å². The summed E-state index contributed by atoms with van der Waals surface area (Å²) in [6.45, 7) is 3.03. The number of amides is 1. The molecule has 0 radical (unpaired) electrons. The molecule has 0 aliphatic carbocycles. The maximum Gasteiger partial charge on any atom is 0.326 e. The second kappa shape index (κ2) is 7.54. The monoisotopic (exact) mass is 189 g/mol. The Hall–Kier alpha value is -1.10. The third-order valence-electron chi connectivity index (χ3n) is 1.55. The highest BCUT2D eigenvalue weighted by Crippen LogP contribution is 1.97. The van der Waals surface area contributed by atoms with E-state index in [4.69, 9.17) is 9.84 Å². The van der Waals surface area contributed by atoms with Crippen molar-refractivity contribution in [1.82, 2.24) is 5.32 Å². The SMILES string of the molecule is CCOCCCC(NC=O)C(=O)O. The van der Waals surface area contributed by atoms with Gasteiger partial charge in [-0.05, 0) is 19.8 Å². The summed E-state index contributed by atoms with van der Waals surface area (Å²) in [4.78, 5) is 20.5. The van der Waals surface area contributed by atoms with Crippen LogP contribution in [-0.4, -0.2) is 36.7 Å². The zero-order chi connectivity index (χ0) is 10.1. The van der Waals surface area contributed by atoms with E-state index >= 15 is 0 Å². The molecule has 1 amide bonds. The summed E-state index contributed by atoms with van der Waals surface area (Å²) < 4.78 is 5.03. The smallest absolute Gasteiger partial charge is 0.326 e. The van der Waals surface area contributed by atoms with Crippen molar-refractivity contribution in [3.8, 4) is 0 Å². The van der Waals surface area contributed by atoms with E-state index in [0.29, 0.717) is 32.5 Å². The van der Waals surface area contributed by atoms with E-state index in [0.717, 1.165) is 0 Å². The van der Waals surface area contributed by atoms with Crippen molar-refractivity contribution < 1.29 is 19.4 Å². The summed E-state index contributed by atoms with van der Waals surface area (Å²) in [5.41, 5.74) is 0. The first-order chi connectivity index (χ1) is 6.22. The van der Waals surface area contributed by atoms with Gasteiger partial charge in [-0.3, -0.25) is 4.79 Å². The molecule has 0 aromatic rings. The number of nitrogens with one attached hydrogen (secondary N) is 1. The van der Waals surface area contributed by atoms with Crippen LogP contribution in [0.2, 0.25) is 0 Å². The Balaban J connectivity index is 3.56. The molecule has 0 aliphatic rings. The summed E-state index contributed by atoms with van der Waals surface area (Å²) in [6.07, 6.45) is 1.43. The molecular formula is C8H15NO4. The number of hydrogen-bond donors (Lipinski definition) is 2. The maximum atomic E-state index is 10.5. The standard InChI is InChI=1S/C8H15NO4/c1-2-13-5-3-4-7(8(11)12)9-6-10/h6-7H,2-5H2,1H3,(H,9,10)(H,11,12). The Labute approximate surface area is 77.1 Å². The van der Waals surface area contributed by atoms with Crippen molar-refractivity contribution >= 4 is 12.4 Å². The summed E-state index contributed by atoms with van der Waals surface area (Å²) in [6, 6.07) is -0.794. The first-order valence-corrected chi connectivity index (χ1v) is 4.22. The van der Waals surface area contributed by atoms with Crippen LogP contribution in [0.3, 0.4) is 0 Å². The van der Waals surface area contributed by atoms with Crippen LogP contribution < -0.4 is 5.32 Å². The van der Waals surface area contributed by atoms with Gasteiger partial charge in [-0.25, -0.2) is 4.79 Å². The topological polar surface area (TPSA) is 75.6 Å². The van der Waals surface area contributed by atoms with E-state index in [9.17, 15) is 9.59 Å². The van der Waals surface area contributed by atoms with Gasteiger partial charge in [-0.15, -0.1) is 0 Å². The van der Waals surface area contributed by atoms with Gasteiger partial charge in [0, 0.05) is 13.2 Å². The Bertz CT molecular complexity index is 160. The highest BCUT2D eigenvalue weighted by atomic mass is 16.5. The normalized spacial score (nSPS) is 12.1. The van der Waals surface area contributed by atoms with E-state index in [-0.39, 0.29) is 0 Å². The van der Waals surface area contributed by atoms with Crippen molar-refractivity contribution in [2.24, 2.45) is 0 Å². The van der Waals surface area contributed by atoms with Crippen LogP contribution in [0.5, 0.6) is 0 Å². The van der Waals surface area contributed by atoms with Crippen molar-refractivity contribution in [2.45, 2.75) is 25.8 Å². The van der Waals surface area contributed by atoms with Crippen LogP contribution in [0.4, 0.5) is 0 Å². The minimum absolute atomic E-state index is 0.397. The number of carboxylic acids is 1. The molecule has 0 aromatic carbocycles. The number of rotatable bonds is 8. The van der Waals surface area contributed by atoms with Gasteiger partial charge in [-0.2, -0.15) is 0 Å². The molecule has 0 aliphatic heterocycles. The largest absolute Gasteiger partial charge is 0.480 e. The van der Waals surface area contributed by atoms with Crippen LogP contribution in [0, 0.1) is 0 Å². The number of carbonyl (C=O) groups is 2. The minimum atomic E-state index is -1.01. The van der Waals surface area contributed by atoms with E-state index in [1.54, 1.807) is 0 Å². The molecule has 0 rings (SSSR count). The van der Waals surface area contributed by atoms with Crippen molar-refractivity contribution in [3.63, 3.8) is 0 Å². The Morgan fingerprint density at radius 1 is 1.69 bits per heavy atom. The average molecular weight is 189 g/mol. The molecule has 0 saturated heterocycles. The van der Waals surface area contributed by atoms with Crippen molar-refractivity contribution in [2.75, 3.05) is 13.2 Å². The lowest BCUT2D eigenvalue weighted by atomic mass is 10.2. The van der Waals surface area contributed by atoms with E-state index < -0.39 is 12.0 Å². The van der Waals surface area contributed by atoms with E-state index in [1.807, 2.05) is 6.92 Å². The number of carbonyl (C=O) groups excluding carboxylic acids is 1. The van der Waals surface area contributed by atoms with Gasteiger partial charge in [0.1, 0.15) is 6.04 Å². The lowest BCUT2D eigenvalue weighted by Crippen LogP contribution is -2.35. The van der Waals surface area contributed by atoms with E-state index in [2.05, 4.69) is 5.32 Å². The minimum Gasteiger partial charge on any atom is -0.480 e. The second-order valence-corrected chi connectivity index (χ2v) is 2.51. The van der Waals surface area contributed by atoms with Gasteiger partial charge >= 0.3 is 5.97 Å². The fourth-order valence-electron chi connectivity index (χ4n) is 0.894. The van der Waals surface area contributed by atoms with Gasteiger partial charge < -0.3 is 15.2 Å². The molecule has 0 bridgehead atoms. The molecule has 1 unspecified atom stereocenters.